The fourth-order valence-electron chi connectivity index (χ4n) is 1.93. The third-order valence-corrected chi connectivity index (χ3v) is 4.79. The number of rotatable bonds is 7. The Morgan fingerprint density at radius 2 is 1.94 bits per heavy atom. The molecule has 6 heteroatoms. The van der Waals surface area contributed by atoms with E-state index in [4.69, 9.17) is 4.74 Å². The fraction of sp³-hybridized carbons (Fsp3) is 1.00. The molecular formula is C11H24N2O3S. The molecule has 0 aromatic heterocycles. The van der Waals surface area contributed by atoms with Crippen LogP contribution in [0.15, 0.2) is 0 Å². The lowest BCUT2D eigenvalue weighted by Gasteiger charge is -2.37. The van der Waals surface area contributed by atoms with Crippen molar-refractivity contribution in [1.82, 2.24) is 10.0 Å². The number of hydrogen-bond acceptors (Lipinski definition) is 4. The van der Waals surface area contributed by atoms with Crippen LogP contribution in [-0.2, 0) is 14.8 Å². The highest BCUT2D eigenvalue weighted by Gasteiger charge is 2.31. The number of hydrogen-bond donors (Lipinski definition) is 2. The number of unbranched alkanes of at least 4 members (excludes halogenated alkanes) is 1. The number of ether oxygens (including phenoxy) is 1. The second-order valence-electron chi connectivity index (χ2n) is 4.64. The first-order chi connectivity index (χ1) is 8.04. The van der Waals surface area contributed by atoms with E-state index in [1.807, 2.05) is 14.0 Å². The van der Waals surface area contributed by atoms with Crippen molar-refractivity contribution in [2.24, 2.45) is 0 Å². The largest absolute Gasteiger partial charge is 0.381 e. The zero-order chi connectivity index (χ0) is 12.8. The lowest BCUT2D eigenvalue weighted by molar-refractivity contribution is 0.0431. The average molecular weight is 264 g/mol. The summed E-state index contributed by atoms with van der Waals surface area (Å²) >= 11 is 0. The summed E-state index contributed by atoms with van der Waals surface area (Å²) in [5, 5.41) is 3.24. The molecule has 0 aliphatic carbocycles. The van der Waals surface area contributed by atoms with Crippen molar-refractivity contribution in [3.8, 4) is 0 Å². The highest BCUT2D eigenvalue weighted by Crippen LogP contribution is 2.19. The summed E-state index contributed by atoms with van der Waals surface area (Å²) in [4.78, 5) is 0. The maximum atomic E-state index is 11.7. The Hall–Kier alpha value is -0.170. The van der Waals surface area contributed by atoms with E-state index < -0.39 is 10.0 Å². The fourth-order valence-corrected chi connectivity index (χ4v) is 3.24. The second-order valence-corrected chi connectivity index (χ2v) is 6.56. The Balaban J connectivity index is 2.46. The van der Waals surface area contributed by atoms with Crippen LogP contribution in [0.3, 0.4) is 0 Å². The minimum absolute atomic E-state index is 0.141. The van der Waals surface area contributed by atoms with E-state index in [0.717, 1.165) is 19.3 Å². The first-order valence-corrected chi connectivity index (χ1v) is 7.93. The molecule has 0 aromatic carbocycles. The van der Waals surface area contributed by atoms with Gasteiger partial charge in [-0.3, -0.25) is 0 Å². The predicted molar refractivity (Wildman–Crippen MR) is 68.5 cm³/mol. The van der Waals surface area contributed by atoms with Crippen molar-refractivity contribution in [3.63, 3.8) is 0 Å². The molecule has 0 radical (unpaired) electrons. The number of nitrogens with one attached hydrogen (secondary N) is 2. The van der Waals surface area contributed by atoms with Gasteiger partial charge in [0.1, 0.15) is 0 Å². The molecule has 0 amide bonds. The maximum Gasteiger partial charge on any atom is 0.211 e. The molecule has 0 unspecified atom stereocenters. The van der Waals surface area contributed by atoms with Gasteiger partial charge in [0, 0.05) is 25.3 Å². The number of likely N-dealkylation sites (N-methyl/N-ethyl adjacent to an activating group) is 1. The average Bonchev–Trinajstić information content (AvgIpc) is 2.35. The molecule has 2 N–H and O–H groups in total. The van der Waals surface area contributed by atoms with Crippen molar-refractivity contribution < 1.29 is 13.2 Å². The van der Waals surface area contributed by atoms with Gasteiger partial charge < -0.3 is 10.1 Å². The van der Waals surface area contributed by atoms with Gasteiger partial charge in [0.25, 0.3) is 0 Å². The molecule has 1 fully saturated rings. The van der Waals surface area contributed by atoms with Crippen LogP contribution < -0.4 is 10.0 Å². The first-order valence-electron chi connectivity index (χ1n) is 6.27. The summed E-state index contributed by atoms with van der Waals surface area (Å²) in [6.45, 7) is 3.83. The van der Waals surface area contributed by atoms with E-state index in [-0.39, 0.29) is 11.3 Å². The third-order valence-electron chi connectivity index (χ3n) is 3.38. The molecule has 0 atom stereocenters. The van der Waals surface area contributed by atoms with E-state index >= 15 is 0 Å². The van der Waals surface area contributed by atoms with Gasteiger partial charge >= 0.3 is 0 Å². The lowest BCUT2D eigenvalue weighted by atomic mass is 9.90. The van der Waals surface area contributed by atoms with Crippen LogP contribution in [0.1, 0.15) is 32.6 Å². The molecule has 102 valence electrons. The normalized spacial score (nSPS) is 20.4. The predicted octanol–water partition coefficient (Wildman–Crippen LogP) is 0.475. The van der Waals surface area contributed by atoms with Gasteiger partial charge in [-0.25, -0.2) is 13.1 Å². The highest BCUT2D eigenvalue weighted by molar-refractivity contribution is 7.89. The monoisotopic (exact) mass is 264 g/mol. The molecule has 1 aliphatic heterocycles. The van der Waals surface area contributed by atoms with Crippen LogP contribution in [0.5, 0.6) is 0 Å². The Kier molecular flexibility index (Phi) is 5.85. The Labute approximate surface area is 104 Å². The zero-order valence-corrected chi connectivity index (χ0v) is 11.6. The SMILES string of the molecule is CCCCS(=O)(=O)NCC1(NC)CCOCC1. The molecule has 0 aromatic rings. The summed E-state index contributed by atoms with van der Waals surface area (Å²) in [7, 11) is -1.24. The van der Waals surface area contributed by atoms with E-state index in [2.05, 4.69) is 10.0 Å². The van der Waals surface area contributed by atoms with Crippen LogP contribution in [0, 0.1) is 0 Å². The second kappa shape index (κ2) is 6.68. The molecule has 1 rings (SSSR count). The summed E-state index contributed by atoms with van der Waals surface area (Å²) in [5.41, 5.74) is -0.141. The summed E-state index contributed by atoms with van der Waals surface area (Å²) in [6.07, 6.45) is 3.30. The van der Waals surface area contributed by atoms with E-state index in [1.165, 1.54) is 0 Å². The van der Waals surface area contributed by atoms with E-state index in [1.54, 1.807) is 0 Å². The molecule has 5 nitrogen and oxygen atoms in total. The minimum Gasteiger partial charge on any atom is -0.381 e. The van der Waals surface area contributed by atoms with Crippen LogP contribution in [0.2, 0.25) is 0 Å². The molecule has 17 heavy (non-hydrogen) atoms. The molecule has 1 aliphatic rings. The quantitative estimate of drug-likeness (QED) is 0.701. The molecular weight excluding hydrogens is 240 g/mol. The van der Waals surface area contributed by atoms with E-state index in [9.17, 15) is 8.42 Å². The third kappa shape index (κ3) is 4.91. The Morgan fingerprint density at radius 1 is 1.29 bits per heavy atom. The van der Waals surface area contributed by atoms with Gasteiger partial charge in [-0.05, 0) is 26.3 Å². The van der Waals surface area contributed by atoms with Crippen molar-refractivity contribution in [3.05, 3.63) is 0 Å². The van der Waals surface area contributed by atoms with Crippen molar-refractivity contribution >= 4 is 10.0 Å². The molecule has 0 saturated carbocycles. The maximum absolute atomic E-state index is 11.7. The van der Waals surface area contributed by atoms with Crippen LogP contribution >= 0.6 is 0 Å². The smallest absolute Gasteiger partial charge is 0.211 e. The standard InChI is InChI=1S/C11H24N2O3S/c1-3-4-9-17(14,15)13-10-11(12-2)5-7-16-8-6-11/h12-13H,3-10H2,1-2H3. The van der Waals surface area contributed by atoms with E-state index in [0.29, 0.717) is 26.2 Å². The molecule has 0 bridgehead atoms. The molecule has 1 heterocycles. The summed E-state index contributed by atoms with van der Waals surface area (Å²) in [5.74, 6) is 0.222. The summed E-state index contributed by atoms with van der Waals surface area (Å²) < 4.78 is 31.5. The van der Waals surface area contributed by atoms with Crippen LogP contribution in [0.4, 0.5) is 0 Å². The zero-order valence-electron chi connectivity index (χ0n) is 10.8. The lowest BCUT2D eigenvalue weighted by Crippen LogP contribution is -2.55. The van der Waals surface area contributed by atoms with Gasteiger partial charge in [-0.2, -0.15) is 0 Å². The molecule has 0 spiro atoms. The minimum atomic E-state index is -3.12. The Morgan fingerprint density at radius 3 is 2.47 bits per heavy atom. The van der Waals surface area contributed by atoms with Gasteiger partial charge in [-0.15, -0.1) is 0 Å². The van der Waals surface area contributed by atoms with Crippen molar-refractivity contribution in [2.45, 2.75) is 38.1 Å². The van der Waals surface area contributed by atoms with Gasteiger partial charge in [-0.1, -0.05) is 13.3 Å². The topological polar surface area (TPSA) is 67.4 Å². The van der Waals surface area contributed by atoms with Crippen LogP contribution in [-0.4, -0.2) is 46.5 Å². The van der Waals surface area contributed by atoms with Crippen molar-refractivity contribution in [2.75, 3.05) is 32.6 Å². The Bertz CT molecular complexity index is 311. The summed E-state index contributed by atoms with van der Waals surface area (Å²) in [6, 6.07) is 0. The van der Waals surface area contributed by atoms with Gasteiger partial charge in [0.05, 0.1) is 5.75 Å². The number of sulfonamides is 1. The van der Waals surface area contributed by atoms with Gasteiger partial charge in [0.2, 0.25) is 10.0 Å². The molecule has 1 saturated heterocycles. The van der Waals surface area contributed by atoms with Crippen LogP contribution in [0.25, 0.3) is 0 Å². The first kappa shape index (κ1) is 14.9. The van der Waals surface area contributed by atoms with Crippen molar-refractivity contribution in [1.29, 1.82) is 0 Å². The van der Waals surface area contributed by atoms with Gasteiger partial charge in [0.15, 0.2) is 0 Å². The highest BCUT2D eigenvalue weighted by atomic mass is 32.2.